The lowest BCUT2D eigenvalue weighted by molar-refractivity contribution is -0.167. The molecule has 0 aromatic rings. The molecule has 0 aliphatic heterocycles. The fraction of sp³-hybridized carbons (Fsp3) is 0.942. The Kier molecular flexibility index (Phi) is 45.2. The Hall–Kier alpha value is -1.59. The van der Waals surface area contributed by atoms with Crippen molar-refractivity contribution in [3.05, 3.63) is 0 Å². The summed E-state index contributed by atoms with van der Waals surface area (Å²) in [6.45, 7) is 9.00. The Labute approximate surface area is 361 Å². The molecule has 6 nitrogen and oxygen atoms in total. The highest BCUT2D eigenvalue weighted by molar-refractivity contribution is 5.71. The predicted molar refractivity (Wildman–Crippen MR) is 247 cm³/mol. The van der Waals surface area contributed by atoms with Gasteiger partial charge in [0, 0.05) is 19.3 Å². The molecule has 0 aromatic heterocycles. The Morgan fingerprint density at radius 2 is 0.569 bits per heavy atom. The summed E-state index contributed by atoms with van der Waals surface area (Å²) in [7, 11) is 0. The van der Waals surface area contributed by atoms with Gasteiger partial charge in [0.25, 0.3) is 0 Å². The van der Waals surface area contributed by atoms with Gasteiger partial charge in [-0.05, 0) is 25.2 Å². The maximum Gasteiger partial charge on any atom is 0.306 e. The number of ether oxygens (including phenoxy) is 3. The van der Waals surface area contributed by atoms with Crippen LogP contribution in [0.2, 0.25) is 0 Å². The zero-order valence-electron chi connectivity index (χ0n) is 39.5. The highest BCUT2D eigenvalue weighted by Gasteiger charge is 2.19. The minimum atomic E-state index is -0.760. The summed E-state index contributed by atoms with van der Waals surface area (Å²) in [6, 6.07) is 0. The Balaban J connectivity index is 4.27. The number of carbonyl (C=O) groups is 3. The van der Waals surface area contributed by atoms with E-state index in [4.69, 9.17) is 14.2 Å². The molecule has 58 heavy (non-hydrogen) atoms. The molecule has 6 heteroatoms. The molecule has 0 radical (unpaired) electrons. The Morgan fingerprint density at radius 1 is 0.328 bits per heavy atom. The Bertz CT molecular complexity index is 872. The molecule has 0 unspecified atom stereocenters. The van der Waals surface area contributed by atoms with Crippen LogP contribution < -0.4 is 0 Å². The largest absolute Gasteiger partial charge is 0.462 e. The minimum absolute atomic E-state index is 0.0631. The molecule has 0 saturated carbocycles. The van der Waals surface area contributed by atoms with Crippen molar-refractivity contribution < 1.29 is 28.6 Å². The quantitative estimate of drug-likeness (QED) is 0.0346. The summed E-state index contributed by atoms with van der Waals surface area (Å²) >= 11 is 0. The van der Waals surface area contributed by atoms with E-state index in [0.717, 1.165) is 63.7 Å². The van der Waals surface area contributed by atoms with Gasteiger partial charge in [-0.3, -0.25) is 14.4 Å². The molecule has 0 fully saturated rings. The van der Waals surface area contributed by atoms with Gasteiger partial charge in [0.2, 0.25) is 0 Å². The van der Waals surface area contributed by atoms with Gasteiger partial charge in [0.05, 0.1) is 0 Å². The van der Waals surface area contributed by atoms with Gasteiger partial charge < -0.3 is 14.2 Å². The van der Waals surface area contributed by atoms with Crippen LogP contribution in [-0.4, -0.2) is 37.2 Å². The van der Waals surface area contributed by atoms with Crippen LogP contribution in [0.4, 0.5) is 0 Å². The first-order chi connectivity index (χ1) is 28.4. The van der Waals surface area contributed by atoms with Gasteiger partial charge >= 0.3 is 17.9 Å². The molecule has 0 amide bonds. The van der Waals surface area contributed by atoms with Crippen LogP contribution in [0, 0.1) is 5.92 Å². The van der Waals surface area contributed by atoms with E-state index in [0.29, 0.717) is 19.3 Å². The van der Waals surface area contributed by atoms with Gasteiger partial charge in [0.15, 0.2) is 6.10 Å². The second-order valence-corrected chi connectivity index (χ2v) is 18.3. The number of esters is 3. The number of hydrogen-bond donors (Lipinski definition) is 0. The average molecular weight is 821 g/mol. The van der Waals surface area contributed by atoms with Crippen molar-refractivity contribution >= 4 is 17.9 Å². The highest BCUT2D eigenvalue weighted by Crippen LogP contribution is 2.17. The topological polar surface area (TPSA) is 78.9 Å². The van der Waals surface area contributed by atoms with Crippen molar-refractivity contribution in [1.82, 2.24) is 0 Å². The minimum Gasteiger partial charge on any atom is -0.462 e. The monoisotopic (exact) mass is 821 g/mol. The third-order valence-corrected chi connectivity index (χ3v) is 11.8. The van der Waals surface area contributed by atoms with Gasteiger partial charge in [-0.2, -0.15) is 0 Å². The molecule has 0 aromatic carbocycles. The first-order valence-corrected chi connectivity index (χ1v) is 25.9. The molecule has 0 rings (SSSR count). The summed E-state index contributed by atoms with van der Waals surface area (Å²) in [5.74, 6) is -0.0406. The molecular formula is C52H100O6. The smallest absolute Gasteiger partial charge is 0.306 e. The first-order valence-electron chi connectivity index (χ1n) is 25.9. The van der Waals surface area contributed by atoms with Crippen LogP contribution in [0.3, 0.4) is 0 Å². The highest BCUT2D eigenvalue weighted by atomic mass is 16.6. The molecule has 0 aliphatic rings. The lowest BCUT2D eigenvalue weighted by atomic mass is 10.0. The standard InChI is InChI=1S/C52H100O6/c1-5-7-9-11-13-15-17-18-19-20-21-22-24-28-32-36-40-44-51(54)57-47-49(46-56-50(53)43-39-35-31-27-23-16-14-12-10-8-6-2)58-52(55)45-41-37-33-29-25-26-30-34-38-42-48(3)4/h48-49H,5-47H2,1-4H3/t49-/m1/s1. The van der Waals surface area contributed by atoms with E-state index in [1.807, 2.05) is 0 Å². The molecule has 0 heterocycles. The van der Waals surface area contributed by atoms with Crippen molar-refractivity contribution in [2.75, 3.05) is 13.2 Å². The third-order valence-electron chi connectivity index (χ3n) is 11.8. The van der Waals surface area contributed by atoms with Crippen LogP contribution in [0.1, 0.15) is 291 Å². The lowest BCUT2D eigenvalue weighted by Gasteiger charge is -2.18. The molecule has 0 bridgehead atoms. The molecule has 0 N–H and O–H groups in total. The second-order valence-electron chi connectivity index (χ2n) is 18.3. The normalized spacial score (nSPS) is 11.9. The lowest BCUT2D eigenvalue weighted by Crippen LogP contribution is -2.30. The molecular weight excluding hydrogens is 721 g/mol. The fourth-order valence-corrected chi connectivity index (χ4v) is 7.86. The number of hydrogen-bond acceptors (Lipinski definition) is 6. The van der Waals surface area contributed by atoms with Crippen molar-refractivity contribution in [2.24, 2.45) is 5.92 Å². The van der Waals surface area contributed by atoms with Crippen LogP contribution in [0.15, 0.2) is 0 Å². The zero-order valence-corrected chi connectivity index (χ0v) is 39.5. The molecule has 0 aliphatic carbocycles. The van der Waals surface area contributed by atoms with E-state index in [-0.39, 0.29) is 31.1 Å². The van der Waals surface area contributed by atoms with E-state index in [1.165, 1.54) is 186 Å². The number of rotatable bonds is 47. The first kappa shape index (κ1) is 56.4. The average Bonchev–Trinajstić information content (AvgIpc) is 3.21. The maximum atomic E-state index is 12.8. The third kappa shape index (κ3) is 45.5. The summed E-state index contributed by atoms with van der Waals surface area (Å²) in [5.41, 5.74) is 0. The van der Waals surface area contributed by atoms with Crippen LogP contribution in [0.5, 0.6) is 0 Å². The van der Waals surface area contributed by atoms with E-state index < -0.39 is 6.10 Å². The summed E-state index contributed by atoms with van der Waals surface area (Å²) in [4.78, 5) is 37.9. The van der Waals surface area contributed by atoms with Crippen molar-refractivity contribution in [3.8, 4) is 0 Å². The zero-order chi connectivity index (χ0) is 42.4. The summed E-state index contributed by atoms with van der Waals surface area (Å²) in [6.07, 6.45) is 48.0. The van der Waals surface area contributed by atoms with Crippen LogP contribution in [0.25, 0.3) is 0 Å². The second kappa shape index (κ2) is 46.5. The fourth-order valence-electron chi connectivity index (χ4n) is 7.86. The maximum absolute atomic E-state index is 12.8. The van der Waals surface area contributed by atoms with Crippen LogP contribution >= 0.6 is 0 Å². The molecule has 0 spiro atoms. The van der Waals surface area contributed by atoms with Gasteiger partial charge in [0.1, 0.15) is 13.2 Å². The SMILES string of the molecule is CCCCCCCCCCCCCCCCCCCC(=O)OC[C@@H](COC(=O)CCCCCCCCCCCCC)OC(=O)CCCCCCCCCCCC(C)C. The van der Waals surface area contributed by atoms with E-state index in [2.05, 4.69) is 27.7 Å². The van der Waals surface area contributed by atoms with Crippen LogP contribution in [-0.2, 0) is 28.6 Å². The van der Waals surface area contributed by atoms with Crippen molar-refractivity contribution in [2.45, 2.75) is 297 Å². The number of unbranched alkanes of at least 4 members (excludes halogenated alkanes) is 34. The Morgan fingerprint density at radius 3 is 0.845 bits per heavy atom. The predicted octanol–water partition coefficient (Wildman–Crippen LogP) is 16.7. The van der Waals surface area contributed by atoms with Gasteiger partial charge in [-0.1, -0.05) is 252 Å². The molecule has 0 saturated heterocycles. The van der Waals surface area contributed by atoms with E-state index >= 15 is 0 Å². The number of carbonyl (C=O) groups excluding carboxylic acids is 3. The molecule has 344 valence electrons. The molecule has 1 atom stereocenters. The van der Waals surface area contributed by atoms with Crippen molar-refractivity contribution in [3.63, 3.8) is 0 Å². The van der Waals surface area contributed by atoms with E-state index in [9.17, 15) is 14.4 Å². The van der Waals surface area contributed by atoms with Gasteiger partial charge in [-0.25, -0.2) is 0 Å². The van der Waals surface area contributed by atoms with Gasteiger partial charge in [-0.15, -0.1) is 0 Å². The van der Waals surface area contributed by atoms with Crippen molar-refractivity contribution in [1.29, 1.82) is 0 Å². The van der Waals surface area contributed by atoms with E-state index in [1.54, 1.807) is 0 Å². The summed E-state index contributed by atoms with van der Waals surface area (Å²) in [5, 5.41) is 0. The summed E-state index contributed by atoms with van der Waals surface area (Å²) < 4.78 is 16.8.